The Morgan fingerprint density at radius 2 is 2.00 bits per heavy atom. The summed E-state index contributed by atoms with van der Waals surface area (Å²) in [7, 11) is 0. The summed E-state index contributed by atoms with van der Waals surface area (Å²) >= 11 is 0. The Morgan fingerprint density at radius 3 is 2.76 bits per heavy atom. The molecule has 1 N–H and O–H groups in total. The third kappa shape index (κ3) is 3.81. The fourth-order valence-corrected chi connectivity index (χ4v) is 2.81. The van der Waals surface area contributed by atoms with Crippen molar-refractivity contribution < 1.29 is 0 Å². The topological polar surface area (TPSA) is 81.4 Å². The molecule has 0 aliphatic heterocycles. The van der Waals surface area contributed by atoms with Crippen molar-refractivity contribution in [3.05, 3.63) is 47.9 Å². The van der Waals surface area contributed by atoms with Crippen molar-refractivity contribution in [2.45, 2.75) is 46.7 Å². The van der Waals surface area contributed by atoms with Gasteiger partial charge in [0, 0.05) is 29.7 Å². The molecule has 0 bridgehead atoms. The molecule has 3 aromatic rings. The fourth-order valence-electron chi connectivity index (χ4n) is 2.81. The number of nitrogens with one attached hydrogen (secondary N) is 1. The molecule has 0 saturated carbocycles. The number of pyridine rings is 1. The number of rotatable bonds is 6. The quantitative estimate of drug-likeness (QED) is 0.743. The maximum atomic E-state index is 4.64. The Morgan fingerprint density at radius 1 is 1.16 bits per heavy atom. The van der Waals surface area contributed by atoms with Crippen molar-refractivity contribution in [1.29, 1.82) is 0 Å². The standard InChI is InChI=1S/C18H23N7/c1-5-10-25-11-20-24-17(25)14(4)22-18-19-9-8-16(23-18)15-7-6-12(2)21-13(15)3/h6-9,11,14H,5,10H2,1-4H3,(H,19,22,23). The molecule has 130 valence electrons. The molecule has 0 radical (unpaired) electrons. The van der Waals surface area contributed by atoms with Gasteiger partial charge in [-0.1, -0.05) is 6.92 Å². The van der Waals surface area contributed by atoms with E-state index in [1.165, 1.54) is 0 Å². The first-order valence-electron chi connectivity index (χ1n) is 8.50. The van der Waals surface area contributed by atoms with Crippen LogP contribution in [0.5, 0.6) is 0 Å². The van der Waals surface area contributed by atoms with Crippen LogP contribution in [0.25, 0.3) is 11.3 Å². The van der Waals surface area contributed by atoms with Crippen LogP contribution in [0.2, 0.25) is 0 Å². The Kier molecular flexibility index (Phi) is 5.02. The molecular formula is C18H23N7. The van der Waals surface area contributed by atoms with Crippen LogP contribution in [0.3, 0.4) is 0 Å². The van der Waals surface area contributed by atoms with Crippen molar-refractivity contribution in [1.82, 2.24) is 29.7 Å². The summed E-state index contributed by atoms with van der Waals surface area (Å²) in [6.45, 7) is 9.03. The zero-order valence-corrected chi connectivity index (χ0v) is 15.1. The van der Waals surface area contributed by atoms with Gasteiger partial charge in [-0.15, -0.1) is 10.2 Å². The van der Waals surface area contributed by atoms with Gasteiger partial charge in [0.05, 0.1) is 11.7 Å². The first kappa shape index (κ1) is 17.0. The molecule has 7 heteroatoms. The molecule has 3 rings (SSSR count). The van der Waals surface area contributed by atoms with Gasteiger partial charge in [0.1, 0.15) is 6.33 Å². The van der Waals surface area contributed by atoms with Crippen LogP contribution in [0.4, 0.5) is 5.95 Å². The van der Waals surface area contributed by atoms with Gasteiger partial charge in [-0.05, 0) is 45.4 Å². The number of anilines is 1. The van der Waals surface area contributed by atoms with Crippen molar-refractivity contribution >= 4 is 5.95 Å². The van der Waals surface area contributed by atoms with E-state index in [-0.39, 0.29) is 6.04 Å². The lowest BCUT2D eigenvalue weighted by atomic mass is 10.1. The molecule has 0 aliphatic carbocycles. The summed E-state index contributed by atoms with van der Waals surface area (Å²) in [6.07, 6.45) is 4.55. The van der Waals surface area contributed by atoms with Gasteiger partial charge in [-0.25, -0.2) is 9.97 Å². The summed E-state index contributed by atoms with van der Waals surface area (Å²) in [6, 6.07) is 5.90. The van der Waals surface area contributed by atoms with Crippen LogP contribution < -0.4 is 5.32 Å². The van der Waals surface area contributed by atoms with Crippen LogP contribution in [0, 0.1) is 13.8 Å². The highest BCUT2D eigenvalue weighted by atomic mass is 15.3. The van der Waals surface area contributed by atoms with Gasteiger partial charge >= 0.3 is 0 Å². The Hall–Kier alpha value is -2.83. The minimum Gasteiger partial charge on any atom is -0.344 e. The van der Waals surface area contributed by atoms with Gasteiger partial charge in [-0.3, -0.25) is 4.98 Å². The van der Waals surface area contributed by atoms with E-state index in [9.17, 15) is 0 Å². The zero-order chi connectivity index (χ0) is 17.8. The van der Waals surface area contributed by atoms with Gasteiger partial charge < -0.3 is 9.88 Å². The number of nitrogens with zero attached hydrogens (tertiary/aromatic N) is 6. The van der Waals surface area contributed by atoms with Crippen molar-refractivity contribution in [3.8, 4) is 11.3 Å². The monoisotopic (exact) mass is 337 g/mol. The molecule has 0 fully saturated rings. The van der Waals surface area contributed by atoms with E-state index >= 15 is 0 Å². The van der Waals surface area contributed by atoms with Crippen LogP contribution >= 0.6 is 0 Å². The second kappa shape index (κ2) is 7.38. The maximum absolute atomic E-state index is 4.64. The first-order chi connectivity index (χ1) is 12.1. The number of aromatic nitrogens is 6. The summed E-state index contributed by atoms with van der Waals surface area (Å²) < 4.78 is 2.05. The van der Waals surface area contributed by atoms with Crippen LogP contribution in [-0.2, 0) is 6.54 Å². The smallest absolute Gasteiger partial charge is 0.223 e. The molecule has 3 heterocycles. The lowest BCUT2D eigenvalue weighted by Crippen LogP contribution is -2.15. The van der Waals surface area contributed by atoms with E-state index in [1.54, 1.807) is 12.5 Å². The van der Waals surface area contributed by atoms with E-state index < -0.39 is 0 Å². The number of aryl methyl sites for hydroxylation is 3. The normalized spacial score (nSPS) is 12.2. The van der Waals surface area contributed by atoms with E-state index in [0.717, 1.165) is 41.4 Å². The summed E-state index contributed by atoms with van der Waals surface area (Å²) in [5, 5.41) is 11.6. The SMILES string of the molecule is CCCn1cnnc1C(C)Nc1nccc(-c2ccc(C)nc2C)n1. The minimum atomic E-state index is -0.0402. The molecule has 1 atom stereocenters. The van der Waals surface area contributed by atoms with Gasteiger partial charge in [0.25, 0.3) is 0 Å². The molecule has 0 saturated heterocycles. The van der Waals surface area contributed by atoms with E-state index in [4.69, 9.17) is 0 Å². The Bertz CT molecular complexity index is 856. The van der Waals surface area contributed by atoms with Crippen molar-refractivity contribution in [3.63, 3.8) is 0 Å². The van der Waals surface area contributed by atoms with E-state index in [0.29, 0.717) is 5.95 Å². The molecule has 25 heavy (non-hydrogen) atoms. The summed E-state index contributed by atoms with van der Waals surface area (Å²) in [4.78, 5) is 13.5. The van der Waals surface area contributed by atoms with Gasteiger partial charge in [0.2, 0.25) is 5.95 Å². The predicted molar refractivity (Wildman–Crippen MR) is 97.1 cm³/mol. The predicted octanol–water partition coefficient (Wildman–Crippen LogP) is 3.33. The van der Waals surface area contributed by atoms with Gasteiger partial charge in [0.15, 0.2) is 5.82 Å². The molecule has 0 aliphatic rings. The molecular weight excluding hydrogens is 314 g/mol. The largest absolute Gasteiger partial charge is 0.344 e. The summed E-state index contributed by atoms with van der Waals surface area (Å²) in [5.41, 5.74) is 3.82. The average molecular weight is 337 g/mol. The first-order valence-corrected chi connectivity index (χ1v) is 8.50. The lowest BCUT2D eigenvalue weighted by Gasteiger charge is -2.15. The summed E-state index contributed by atoms with van der Waals surface area (Å²) in [5.74, 6) is 1.44. The zero-order valence-electron chi connectivity index (χ0n) is 15.1. The fraction of sp³-hybridized carbons (Fsp3) is 0.389. The second-order valence-electron chi connectivity index (χ2n) is 6.10. The van der Waals surface area contributed by atoms with Crippen LogP contribution in [0.15, 0.2) is 30.7 Å². The van der Waals surface area contributed by atoms with Crippen molar-refractivity contribution in [2.24, 2.45) is 0 Å². The number of hydrogen-bond acceptors (Lipinski definition) is 6. The highest BCUT2D eigenvalue weighted by molar-refractivity contribution is 5.62. The lowest BCUT2D eigenvalue weighted by molar-refractivity contribution is 0.612. The molecule has 1 unspecified atom stereocenters. The third-order valence-electron chi connectivity index (χ3n) is 4.00. The maximum Gasteiger partial charge on any atom is 0.223 e. The molecule has 0 spiro atoms. The van der Waals surface area contributed by atoms with Gasteiger partial charge in [-0.2, -0.15) is 0 Å². The van der Waals surface area contributed by atoms with Crippen molar-refractivity contribution in [2.75, 3.05) is 5.32 Å². The Balaban J connectivity index is 1.83. The third-order valence-corrected chi connectivity index (χ3v) is 4.00. The Labute approximate surface area is 147 Å². The highest BCUT2D eigenvalue weighted by Gasteiger charge is 2.14. The van der Waals surface area contributed by atoms with E-state index in [2.05, 4.69) is 42.0 Å². The molecule has 3 aromatic heterocycles. The second-order valence-corrected chi connectivity index (χ2v) is 6.10. The number of hydrogen-bond donors (Lipinski definition) is 1. The molecule has 0 aromatic carbocycles. The van der Waals surface area contributed by atoms with E-state index in [1.807, 2.05) is 39.0 Å². The van der Waals surface area contributed by atoms with Crippen LogP contribution in [-0.4, -0.2) is 29.7 Å². The average Bonchev–Trinajstić information content (AvgIpc) is 3.04. The van der Waals surface area contributed by atoms with Crippen LogP contribution in [0.1, 0.15) is 43.5 Å². The highest BCUT2D eigenvalue weighted by Crippen LogP contribution is 2.22. The minimum absolute atomic E-state index is 0.0402. The molecule has 0 amide bonds. The molecule has 7 nitrogen and oxygen atoms in total.